The van der Waals surface area contributed by atoms with Gasteiger partial charge in [0.2, 0.25) is 5.91 Å². The van der Waals surface area contributed by atoms with Crippen LogP contribution in [0, 0.1) is 23.2 Å². The molecule has 4 fully saturated rings. The van der Waals surface area contributed by atoms with Gasteiger partial charge in [-0.25, -0.2) is 0 Å². The summed E-state index contributed by atoms with van der Waals surface area (Å²) in [6.45, 7) is 0. The zero-order valence-corrected chi connectivity index (χ0v) is 20.0. The van der Waals surface area contributed by atoms with Gasteiger partial charge in [0.15, 0.2) is 5.11 Å². The van der Waals surface area contributed by atoms with E-state index in [2.05, 4.69) is 16.0 Å². The fourth-order valence-electron chi connectivity index (χ4n) is 6.65. The van der Waals surface area contributed by atoms with Crippen LogP contribution in [0.2, 0.25) is 5.02 Å². The number of hydrogen-bond donors (Lipinski definition) is 3. The Balaban J connectivity index is 1.12. The molecule has 5 nitrogen and oxygen atoms in total. The summed E-state index contributed by atoms with van der Waals surface area (Å²) >= 11 is 11.3. The molecule has 4 aliphatic carbocycles. The molecular formula is C26H28ClN3O2S. The number of benzene rings is 2. The van der Waals surface area contributed by atoms with Crippen LogP contribution in [0.4, 0.5) is 11.4 Å². The molecule has 4 saturated carbocycles. The standard InChI is InChI=1S/C26H28ClN3O2S/c27-20-3-1-2-19(11-20)24(32)28-21-4-6-22(7-5-21)29-25(33)30-23(31)15-26-12-16-8-17(13-26)10-18(9-16)14-26/h1-7,11,16-18H,8-10,12-15H2,(H,28,32)(H2,29,30,31,33). The van der Waals surface area contributed by atoms with Gasteiger partial charge < -0.3 is 16.0 Å². The first-order valence-corrected chi connectivity index (χ1v) is 12.4. The average Bonchev–Trinajstić information content (AvgIpc) is 2.73. The van der Waals surface area contributed by atoms with Crippen molar-refractivity contribution in [2.75, 3.05) is 10.6 Å². The molecule has 0 spiro atoms. The number of rotatable bonds is 5. The van der Waals surface area contributed by atoms with Gasteiger partial charge >= 0.3 is 0 Å². The summed E-state index contributed by atoms with van der Waals surface area (Å²) in [5.41, 5.74) is 2.09. The molecule has 7 heteroatoms. The Hall–Kier alpha value is -2.44. The van der Waals surface area contributed by atoms with Gasteiger partial charge in [-0.3, -0.25) is 9.59 Å². The second-order valence-corrected chi connectivity index (χ2v) is 11.0. The van der Waals surface area contributed by atoms with Gasteiger partial charge in [0, 0.05) is 28.4 Å². The number of thiocarbonyl (C=S) groups is 1. The highest BCUT2D eigenvalue weighted by Crippen LogP contribution is 2.61. The van der Waals surface area contributed by atoms with Crippen LogP contribution < -0.4 is 16.0 Å². The highest BCUT2D eigenvalue weighted by Gasteiger charge is 2.51. The number of carbonyl (C=O) groups excluding carboxylic acids is 2. The van der Waals surface area contributed by atoms with Gasteiger partial charge in [0.1, 0.15) is 0 Å². The van der Waals surface area contributed by atoms with Crippen LogP contribution in [-0.4, -0.2) is 16.9 Å². The largest absolute Gasteiger partial charge is 0.332 e. The fourth-order valence-corrected chi connectivity index (χ4v) is 7.07. The maximum absolute atomic E-state index is 12.8. The van der Waals surface area contributed by atoms with Crippen molar-refractivity contribution in [3.63, 3.8) is 0 Å². The Labute approximate surface area is 204 Å². The highest BCUT2D eigenvalue weighted by molar-refractivity contribution is 7.80. The van der Waals surface area contributed by atoms with Crippen molar-refractivity contribution in [1.29, 1.82) is 0 Å². The Morgan fingerprint density at radius 3 is 2.06 bits per heavy atom. The summed E-state index contributed by atoms with van der Waals surface area (Å²) in [5.74, 6) is 2.26. The van der Waals surface area contributed by atoms with E-state index in [1.54, 1.807) is 36.4 Å². The molecule has 0 aromatic heterocycles. The van der Waals surface area contributed by atoms with Gasteiger partial charge in [-0.05, 0) is 116 Å². The van der Waals surface area contributed by atoms with Crippen LogP contribution in [0.5, 0.6) is 0 Å². The number of nitrogens with one attached hydrogen (secondary N) is 3. The van der Waals surface area contributed by atoms with E-state index in [0.29, 0.717) is 27.8 Å². The molecular weight excluding hydrogens is 454 g/mol. The average molecular weight is 482 g/mol. The third kappa shape index (κ3) is 5.22. The van der Waals surface area contributed by atoms with Gasteiger partial charge in [0.25, 0.3) is 5.91 Å². The molecule has 4 aliphatic rings. The van der Waals surface area contributed by atoms with E-state index in [9.17, 15) is 9.59 Å². The highest BCUT2D eigenvalue weighted by atomic mass is 35.5. The lowest BCUT2D eigenvalue weighted by molar-refractivity contribution is -0.127. The molecule has 2 amide bonds. The van der Waals surface area contributed by atoms with Crippen molar-refractivity contribution in [2.45, 2.75) is 44.9 Å². The molecule has 33 heavy (non-hydrogen) atoms. The lowest BCUT2D eigenvalue weighted by Gasteiger charge is -2.56. The smallest absolute Gasteiger partial charge is 0.255 e. The quantitative estimate of drug-likeness (QED) is 0.457. The van der Waals surface area contributed by atoms with Gasteiger partial charge in [-0.2, -0.15) is 0 Å². The molecule has 0 radical (unpaired) electrons. The van der Waals surface area contributed by atoms with E-state index in [-0.39, 0.29) is 17.2 Å². The van der Waals surface area contributed by atoms with E-state index >= 15 is 0 Å². The summed E-state index contributed by atoms with van der Waals surface area (Å²) in [6.07, 6.45) is 8.30. The molecule has 0 aliphatic heterocycles. The summed E-state index contributed by atoms with van der Waals surface area (Å²) in [6, 6.07) is 14.0. The molecule has 2 aromatic rings. The molecule has 6 rings (SSSR count). The first kappa shape index (κ1) is 22.4. The van der Waals surface area contributed by atoms with Crippen molar-refractivity contribution in [2.24, 2.45) is 23.2 Å². The molecule has 3 N–H and O–H groups in total. The molecule has 2 aromatic carbocycles. The van der Waals surface area contributed by atoms with Crippen LogP contribution in [0.1, 0.15) is 55.3 Å². The maximum Gasteiger partial charge on any atom is 0.255 e. The number of hydrogen-bond acceptors (Lipinski definition) is 3. The Morgan fingerprint density at radius 1 is 0.909 bits per heavy atom. The predicted molar refractivity (Wildman–Crippen MR) is 135 cm³/mol. The fraction of sp³-hybridized carbons (Fsp3) is 0.423. The lowest BCUT2D eigenvalue weighted by atomic mass is 9.49. The molecule has 0 unspecified atom stereocenters. The van der Waals surface area contributed by atoms with Crippen molar-refractivity contribution in [3.05, 3.63) is 59.1 Å². The molecule has 0 saturated heterocycles. The summed E-state index contributed by atoms with van der Waals surface area (Å²) in [5, 5.41) is 9.61. The minimum atomic E-state index is -0.231. The lowest BCUT2D eigenvalue weighted by Crippen LogP contribution is -2.48. The van der Waals surface area contributed by atoms with Gasteiger partial charge in [0.05, 0.1) is 0 Å². The van der Waals surface area contributed by atoms with Crippen LogP contribution in [0.15, 0.2) is 48.5 Å². The second-order valence-electron chi connectivity index (χ2n) is 10.1. The molecule has 4 bridgehead atoms. The Bertz CT molecular complexity index is 1050. The number of halogens is 1. The summed E-state index contributed by atoms with van der Waals surface area (Å²) in [4.78, 5) is 25.1. The van der Waals surface area contributed by atoms with E-state index in [0.717, 1.165) is 23.4 Å². The second kappa shape index (κ2) is 9.07. The van der Waals surface area contributed by atoms with Crippen molar-refractivity contribution < 1.29 is 9.59 Å². The third-order valence-electron chi connectivity index (χ3n) is 7.44. The van der Waals surface area contributed by atoms with Crippen LogP contribution in [-0.2, 0) is 4.79 Å². The number of carbonyl (C=O) groups is 2. The minimum absolute atomic E-state index is 0.0138. The summed E-state index contributed by atoms with van der Waals surface area (Å²) in [7, 11) is 0. The van der Waals surface area contributed by atoms with E-state index < -0.39 is 0 Å². The predicted octanol–water partition coefficient (Wildman–Crippen LogP) is 6.01. The SMILES string of the molecule is O=C(CC12CC3CC(CC(C3)C1)C2)NC(=S)Nc1ccc(NC(=O)c2cccc(Cl)c2)cc1. The van der Waals surface area contributed by atoms with E-state index in [1.807, 2.05) is 12.1 Å². The third-order valence-corrected chi connectivity index (χ3v) is 7.88. The first-order valence-electron chi connectivity index (χ1n) is 11.6. The van der Waals surface area contributed by atoms with Crippen molar-refractivity contribution in [1.82, 2.24) is 5.32 Å². The first-order chi connectivity index (χ1) is 15.9. The van der Waals surface area contributed by atoms with Crippen LogP contribution in [0.3, 0.4) is 0 Å². The normalized spacial score (nSPS) is 27.1. The monoisotopic (exact) mass is 481 g/mol. The zero-order chi connectivity index (χ0) is 23.0. The Kier molecular flexibility index (Phi) is 6.14. The maximum atomic E-state index is 12.8. The zero-order valence-electron chi connectivity index (χ0n) is 18.4. The summed E-state index contributed by atoms with van der Waals surface area (Å²) < 4.78 is 0. The van der Waals surface area contributed by atoms with Gasteiger partial charge in [-0.15, -0.1) is 0 Å². The van der Waals surface area contributed by atoms with E-state index in [1.165, 1.54) is 38.5 Å². The topological polar surface area (TPSA) is 70.2 Å². The van der Waals surface area contributed by atoms with Crippen LogP contribution >= 0.6 is 23.8 Å². The minimum Gasteiger partial charge on any atom is -0.332 e. The Morgan fingerprint density at radius 2 is 1.48 bits per heavy atom. The molecule has 0 atom stereocenters. The van der Waals surface area contributed by atoms with Gasteiger partial charge in [-0.1, -0.05) is 17.7 Å². The van der Waals surface area contributed by atoms with Crippen molar-refractivity contribution in [3.8, 4) is 0 Å². The van der Waals surface area contributed by atoms with E-state index in [4.69, 9.17) is 23.8 Å². The number of amides is 2. The van der Waals surface area contributed by atoms with Crippen LogP contribution in [0.25, 0.3) is 0 Å². The molecule has 0 heterocycles. The molecule has 172 valence electrons. The number of anilines is 2. The van der Waals surface area contributed by atoms with Crippen molar-refractivity contribution >= 4 is 52.1 Å².